The van der Waals surface area contributed by atoms with Gasteiger partial charge in [-0.1, -0.05) is 24.3 Å². The van der Waals surface area contributed by atoms with E-state index in [1.54, 1.807) is 47.0 Å². The number of aromatic nitrogens is 2. The van der Waals surface area contributed by atoms with Crippen LogP contribution in [0.2, 0.25) is 0 Å². The normalized spacial score (nSPS) is 17.9. The molecule has 174 valence electrons. The molecule has 1 aliphatic rings. The molecule has 34 heavy (non-hydrogen) atoms. The fourth-order valence-corrected chi connectivity index (χ4v) is 4.44. The highest BCUT2D eigenvalue weighted by Crippen LogP contribution is 2.30. The van der Waals surface area contributed by atoms with E-state index in [0.717, 1.165) is 15.7 Å². The number of nitriles is 1. The Morgan fingerprint density at radius 2 is 1.91 bits per heavy atom. The van der Waals surface area contributed by atoms with E-state index in [0.29, 0.717) is 30.9 Å². The molecule has 0 bridgehead atoms. The highest BCUT2D eigenvalue weighted by atomic mass is 16.4. The van der Waals surface area contributed by atoms with Gasteiger partial charge in [0, 0.05) is 38.2 Å². The summed E-state index contributed by atoms with van der Waals surface area (Å²) < 4.78 is 2.61. The molecular formula is C25H25N5O4. The number of piperidine rings is 1. The molecule has 0 radical (unpaired) electrons. The molecule has 9 heteroatoms. The van der Waals surface area contributed by atoms with Gasteiger partial charge in [0.05, 0.1) is 23.7 Å². The van der Waals surface area contributed by atoms with E-state index >= 15 is 0 Å². The number of carboxylic acid groups (broad SMARTS) is 1. The number of nitrogens with two attached hydrogens (primary N) is 1. The molecule has 1 fully saturated rings. The lowest BCUT2D eigenvalue weighted by Crippen LogP contribution is -2.50. The summed E-state index contributed by atoms with van der Waals surface area (Å²) in [6.07, 6.45) is 0.643. The van der Waals surface area contributed by atoms with Crippen LogP contribution in [0.1, 0.15) is 39.4 Å². The van der Waals surface area contributed by atoms with Crippen molar-refractivity contribution in [2.24, 2.45) is 12.8 Å². The molecule has 0 aliphatic carbocycles. The zero-order valence-electron chi connectivity index (χ0n) is 18.7. The molecule has 1 saturated heterocycles. The van der Waals surface area contributed by atoms with E-state index in [-0.39, 0.29) is 24.1 Å². The van der Waals surface area contributed by atoms with Crippen molar-refractivity contribution in [3.05, 3.63) is 97.7 Å². The van der Waals surface area contributed by atoms with Crippen LogP contribution in [0.4, 0.5) is 5.82 Å². The molecule has 1 unspecified atom stereocenters. The molecular weight excluding hydrogens is 434 g/mol. The maximum absolute atomic E-state index is 13.0. The standard InChI is InChI=1S/C25H25N5O4/c1-28-23(31)12-22(30(25(28)34)14-17-7-5-16(13-26)6-8-17)29-10-9-20(21(27)15-29)18-3-2-4-19(11-18)24(32)33/h2-8,11-12,20-21H,9-10,14-15,27H2,1H3,(H,32,33)/t20?,21-/m0/s1. The Kier molecular flexibility index (Phi) is 6.34. The number of aromatic carboxylic acids is 1. The van der Waals surface area contributed by atoms with Crippen molar-refractivity contribution in [1.82, 2.24) is 9.13 Å². The molecule has 0 amide bonds. The largest absolute Gasteiger partial charge is 0.478 e. The third kappa shape index (κ3) is 4.49. The molecule has 2 atom stereocenters. The second kappa shape index (κ2) is 9.37. The van der Waals surface area contributed by atoms with Gasteiger partial charge < -0.3 is 15.7 Å². The first-order chi connectivity index (χ1) is 16.3. The minimum atomic E-state index is -0.986. The number of anilines is 1. The van der Waals surface area contributed by atoms with Crippen LogP contribution in [0.3, 0.4) is 0 Å². The van der Waals surface area contributed by atoms with Gasteiger partial charge >= 0.3 is 11.7 Å². The Hall–Kier alpha value is -4.16. The zero-order valence-corrected chi connectivity index (χ0v) is 18.7. The van der Waals surface area contributed by atoms with Crippen LogP contribution in [-0.2, 0) is 13.6 Å². The predicted octanol–water partition coefficient (Wildman–Crippen LogP) is 1.49. The van der Waals surface area contributed by atoms with E-state index in [4.69, 9.17) is 11.0 Å². The fourth-order valence-electron chi connectivity index (χ4n) is 4.44. The Morgan fingerprint density at radius 3 is 2.56 bits per heavy atom. The Morgan fingerprint density at radius 1 is 1.18 bits per heavy atom. The number of carbonyl (C=O) groups is 1. The third-order valence-corrected chi connectivity index (χ3v) is 6.35. The van der Waals surface area contributed by atoms with Gasteiger partial charge in [0.25, 0.3) is 5.56 Å². The summed E-state index contributed by atoms with van der Waals surface area (Å²) in [5.74, 6) is -0.536. The highest BCUT2D eigenvalue weighted by Gasteiger charge is 2.30. The van der Waals surface area contributed by atoms with Crippen LogP contribution in [-0.4, -0.2) is 39.3 Å². The quantitative estimate of drug-likeness (QED) is 0.590. The van der Waals surface area contributed by atoms with Gasteiger partial charge in [0.15, 0.2) is 0 Å². The first-order valence-corrected chi connectivity index (χ1v) is 10.9. The third-order valence-electron chi connectivity index (χ3n) is 6.35. The van der Waals surface area contributed by atoms with Crippen LogP contribution >= 0.6 is 0 Å². The number of hydrogen-bond donors (Lipinski definition) is 2. The summed E-state index contributed by atoms with van der Waals surface area (Å²) in [4.78, 5) is 38.8. The monoisotopic (exact) mass is 459 g/mol. The van der Waals surface area contributed by atoms with E-state index in [9.17, 15) is 19.5 Å². The zero-order chi connectivity index (χ0) is 24.4. The van der Waals surface area contributed by atoms with Crippen molar-refractivity contribution in [2.75, 3.05) is 18.0 Å². The molecule has 2 aromatic carbocycles. The van der Waals surface area contributed by atoms with Gasteiger partial charge in [-0.25, -0.2) is 9.59 Å². The van der Waals surface area contributed by atoms with Crippen molar-refractivity contribution in [3.8, 4) is 6.07 Å². The van der Waals surface area contributed by atoms with Gasteiger partial charge in [0.1, 0.15) is 5.82 Å². The molecule has 9 nitrogen and oxygen atoms in total. The molecule has 1 aliphatic heterocycles. The number of nitrogens with zero attached hydrogens (tertiary/aromatic N) is 4. The van der Waals surface area contributed by atoms with Crippen LogP contribution in [0.25, 0.3) is 0 Å². The van der Waals surface area contributed by atoms with Crippen molar-refractivity contribution in [1.29, 1.82) is 5.26 Å². The summed E-state index contributed by atoms with van der Waals surface area (Å²) in [7, 11) is 1.44. The molecule has 3 N–H and O–H groups in total. The average Bonchev–Trinajstić information content (AvgIpc) is 2.84. The van der Waals surface area contributed by atoms with Crippen LogP contribution in [0.15, 0.2) is 64.2 Å². The topological polar surface area (TPSA) is 134 Å². The molecule has 3 aromatic rings. The first-order valence-electron chi connectivity index (χ1n) is 10.9. The Balaban J connectivity index is 1.64. The van der Waals surface area contributed by atoms with E-state index in [2.05, 4.69) is 6.07 Å². The lowest BCUT2D eigenvalue weighted by Gasteiger charge is -2.39. The van der Waals surface area contributed by atoms with E-state index in [1.165, 1.54) is 13.1 Å². The molecule has 1 aromatic heterocycles. The minimum Gasteiger partial charge on any atom is -0.478 e. The minimum absolute atomic E-state index is 0.0409. The van der Waals surface area contributed by atoms with Gasteiger partial charge in [-0.15, -0.1) is 0 Å². The smallest absolute Gasteiger partial charge is 0.335 e. The van der Waals surface area contributed by atoms with E-state index in [1.807, 2.05) is 11.0 Å². The average molecular weight is 460 g/mol. The van der Waals surface area contributed by atoms with Gasteiger partial charge in [-0.2, -0.15) is 5.26 Å². The second-order valence-electron chi connectivity index (χ2n) is 8.51. The number of hydrogen-bond acceptors (Lipinski definition) is 6. The van der Waals surface area contributed by atoms with Crippen molar-refractivity contribution in [2.45, 2.75) is 24.9 Å². The number of carboxylic acids is 1. The Bertz CT molecular complexity index is 1380. The Labute approximate surface area is 195 Å². The SMILES string of the molecule is Cn1c(=O)cc(N2CCC(c3cccc(C(=O)O)c3)[C@@H](N)C2)n(Cc2ccc(C#N)cc2)c1=O. The molecule has 4 rings (SSSR count). The van der Waals surface area contributed by atoms with E-state index < -0.39 is 17.2 Å². The van der Waals surface area contributed by atoms with Gasteiger partial charge in [-0.05, 0) is 41.8 Å². The summed E-state index contributed by atoms with van der Waals surface area (Å²) in [5, 5.41) is 18.3. The lowest BCUT2D eigenvalue weighted by atomic mass is 9.85. The summed E-state index contributed by atoms with van der Waals surface area (Å²) in [5.41, 5.74) is 8.11. The van der Waals surface area contributed by atoms with Crippen LogP contribution in [0, 0.1) is 11.3 Å². The maximum atomic E-state index is 13.0. The lowest BCUT2D eigenvalue weighted by molar-refractivity contribution is 0.0696. The van der Waals surface area contributed by atoms with Crippen molar-refractivity contribution < 1.29 is 9.90 Å². The number of benzene rings is 2. The first kappa shape index (κ1) is 23.0. The van der Waals surface area contributed by atoms with Crippen LogP contribution < -0.4 is 21.9 Å². The second-order valence-corrected chi connectivity index (χ2v) is 8.51. The summed E-state index contributed by atoms with van der Waals surface area (Å²) in [6, 6.07) is 17.0. The van der Waals surface area contributed by atoms with Crippen molar-refractivity contribution >= 4 is 11.8 Å². The summed E-state index contributed by atoms with van der Waals surface area (Å²) >= 11 is 0. The van der Waals surface area contributed by atoms with Gasteiger partial charge in [-0.3, -0.25) is 13.9 Å². The van der Waals surface area contributed by atoms with Crippen molar-refractivity contribution in [3.63, 3.8) is 0 Å². The summed E-state index contributed by atoms with van der Waals surface area (Å²) in [6.45, 7) is 1.20. The highest BCUT2D eigenvalue weighted by molar-refractivity contribution is 5.87. The fraction of sp³-hybridized carbons (Fsp3) is 0.280. The number of rotatable bonds is 5. The predicted molar refractivity (Wildman–Crippen MR) is 127 cm³/mol. The maximum Gasteiger partial charge on any atom is 0.335 e. The molecule has 2 heterocycles. The molecule has 0 saturated carbocycles. The van der Waals surface area contributed by atoms with Crippen LogP contribution in [0.5, 0.6) is 0 Å². The molecule has 0 spiro atoms. The van der Waals surface area contributed by atoms with Gasteiger partial charge in [0.2, 0.25) is 0 Å².